The van der Waals surface area contributed by atoms with Crippen molar-refractivity contribution in [2.75, 3.05) is 10.6 Å². The molecule has 1 aliphatic rings. The van der Waals surface area contributed by atoms with E-state index in [4.69, 9.17) is 4.74 Å². The minimum absolute atomic E-state index is 0.485. The maximum absolute atomic E-state index is 5.82. The molecule has 1 heterocycles. The van der Waals surface area contributed by atoms with E-state index in [2.05, 4.69) is 37.9 Å². The molecule has 1 aromatic heterocycles. The van der Waals surface area contributed by atoms with E-state index in [1.54, 1.807) is 6.20 Å². The summed E-state index contributed by atoms with van der Waals surface area (Å²) in [5, 5.41) is 14.8. The van der Waals surface area contributed by atoms with Crippen molar-refractivity contribution in [1.82, 2.24) is 15.2 Å². The van der Waals surface area contributed by atoms with Crippen molar-refractivity contribution in [3.8, 4) is 5.75 Å². The summed E-state index contributed by atoms with van der Waals surface area (Å²) in [7, 11) is 0. The summed E-state index contributed by atoms with van der Waals surface area (Å²) in [6.45, 7) is 0.551. The summed E-state index contributed by atoms with van der Waals surface area (Å²) >= 11 is 0. The third kappa shape index (κ3) is 5.19. The average molecular weight is 375 g/mol. The molecule has 0 atom stereocenters. The van der Waals surface area contributed by atoms with Crippen LogP contribution in [-0.2, 0) is 6.61 Å². The number of hydrogen-bond acceptors (Lipinski definition) is 6. The summed E-state index contributed by atoms with van der Waals surface area (Å²) in [6.07, 6.45) is 7.95. The number of rotatable bonds is 7. The Hall–Kier alpha value is -3.15. The number of hydrogen-bond donors (Lipinski definition) is 2. The van der Waals surface area contributed by atoms with Crippen LogP contribution in [0.1, 0.15) is 37.7 Å². The van der Waals surface area contributed by atoms with Crippen LogP contribution in [0, 0.1) is 0 Å². The summed E-state index contributed by atoms with van der Waals surface area (Å²) in [6, 6.07) is 18.4. The predicted octanol–water partition coefficient (Wildman–Crippen LogP) is 4.94. The Kier molecular flexibility index (Phi) is 5.97. The quantitative estimate of drug-likeness (QED) is 0.609. The van der Waals surface area contributed by atoms with Gasteiger partial charge < -0.3 is 15.4 Å². The predicted molar refractivity (Wildman–Crippen MR) is 111 cm³/mol. The summed E-state index contributed by atoms with van der Waals surface area (Å²) in [5.74, 6) is 2.08. The Balaban J connectivity index is 1.33. The molecule has 6 nitrogen and oxygen atoms in total. The van der Waals surface area contributed by atoms with Crippen LogP contribution in [0.15, 0.2) is 60.8 Å². The van der Waals surface area contributed by atoms with Gasteiger partial charge in [-0.25, -0.2) is 0 Å². The van der Waals surface area contributed by atoms with Crippen LogP contribution >= 0.6 is 0 Å². The van der Waals surface area contributed by atoms with E-state index in [1.807, 2.05) is 42.5 Å². The molecular formula is C22H25N5O. The second kappa shape index (κ2) is 9.17. The summed E-state index contributed by atoms with van der Waals surface area (Å²) in [4.78, 5) is 4.53. The highest BCUT2D eigenvalue weighted by atomic mass is 16.5. The second-order valence-corrected chi connectivity index (χ2v) is 7.07. The van der Waals surface area contributed by atoms with Gasteiger partial charge in [0.25, 0.3) is 0 Å². The number of nitrogens with one attached hydrogen (secondary N) is 2. The number of aromatic nitrogens is 3. The third-order valence-electron chi connectivity index (χ3n) is 4.87. The Morgan fingerprint density at radius 1 is 0.929 bits per heavy atom. The van der Waals surface area contributed by atoms with E-state index in [0.29, 0.717) is 18.6 Å². The molecule has 144 valence electrons. The van der Waals surface area contributed by atoms with Gasteiger partial charge in [0, 0.05) is 11.7 Å². The SMILES string of the molecule is c1ccc(COc2ccc(Nc3nncc(NC4CCCCC4)n3)cc2)cc1. The molecule has 1 aliphatic carbocycles. The lowest BCUT2D eigenvalue weighted by Gasteiger charge is -2.23. The molecule has 28 heavy (non-hydrogen) atoms. The van der Waals surface area contributed by atoms with E-state index in [1.165, 1.54) is 32.1 Å². The number of nitrogens with zero attached hydrogens (tertiary/aromatic N) is 3. The smallest absolute Gasteiger partial charge is 0.249 e. The van der Waals surface area contributed by atoms with Crippen LogP contribution in [-0.4, -0.2) is 21.2 Å². The van der Waals surface area contributed by atoms with Crippen LogP contribution in [0.3, 0.4) is 0 Å². The van der Waals surface area contributed by atoms with Gasteiger partial charge >= 0.3 is 0 Å². The van der Waals surface area contributed by atoms with Crippen molar-refractivity contribution in [2.24, 2.45) is 0 Å². The molecule has 2 aromatic carbocycles. The molecule has 0 amide bonds. The lowest BCUT2D eigenvalue weighted by molar-refractivity contribution is 0.306. The molecule has 0 saturated heterocycles. The molecule has 2 N–H and O–H groups in total. The van der Waals surface area contributed by atoms with Crippen molar-refractivity contribution < 1.29 is 4.74 Å². The maximum atomic E-state index is 5.82. The van der Waals surface area contributed by atoms with Gasteiger partial charge in [0.05, 0.1) is 6.20 Å². The van der Waals surface area contributed by atoms with Gasteiger partial charge in [-0.05, 0) is 42.7 Å². The summed E-state index contributed by atoms with van der Waals surface area (Å²) < 4.78 is 5.82. The van der Waals surface area contributed by atoms with Gasteiger partial charge in [-0.15, -0.1) is 5.10 Å². The lowest BCUT2D eigenvalue weighted by Crippen LogP contribution is -2.23. The van der Waals surface area contributed by atoms with Crippen molar-refractivity contribution >= 4 is 17.5 Å². The molecule has 0 unspecified atom stereocenters. The number of ether oxygens (including phenoxy) is 1. The molecule has 1 saturated carbocycles. The van der Waals surface area contributed by atoms with Crippen LogP contribution in [0.2, 0.25) is 0 Å². The molecule has 0 radical (unpaired) electrons. The number of benzene rings is 2. The fourth-order valence-electron chi connectivity index (χ4n) is 3.39. The Labute approximate surface area is 165 Å². The van der Waals surface area contributed by atoms with Gasteiger partial charge in [0.2, 0.25) is 5.95 Å². The maximum Gasteiger partial charge on any atom is 0.249 e. The summed E-state index contributed by atoms with van der Waals surface area (Å²) in [5.41, 5.74) is 2.04. The van der Waals surface area contributed by atoms with Gasteiger partial charge in [-0.3, -0.25) is 0 Å². The number of anilines is 3. The van der Waals surface area contributed by atoms with Gasteiger partial charge in [0.15, 0.2) is 5.82 Å². The van der Waals surface area contributed by atoms with Crippen LogP contribution in [0.25, 0.3) is 0 Å². The average Bonchev–Trinajstić information content (AvgIpc) is 2.75. The lowest BCUT2D eigenvalue weighted by atomic mass is 9.96. The van der Waals surface area contributed by atoms with Gasteiger partial charge in [0.1, 0.15) is 12.4 Å². The fourth-order valence-corrected chi connectivity index (χ4v) is 3.39. The van der Waals surface area contributed by atoms with E-state index in [0.717, 1.165) is 22.8 Å². The Morgan fingerprint density at radius 2 is 1.71 bits per heavy atom. The zero-order chi connectivity index (χ0) is 19.0. The van der Waals surface area contributed by atoms with Gasteiger partial charge in [-0.1, -0.05) is 49.6 Å². The molecule has 1 fully saturated rings. The molecule has 4 rings (SSSR count). The minimum atomic E-state index is 0.485. The van der Waals surface area contributed by atoms with Gasteiger partial charge in [-0.2, -0.15) is 10.1 Å². The molecular weight excluding hydrogens is 350 g/mol. The minimum Gasteiger partial charge on any atom is -0.489 e. The molecule has 3 aromatic rings. The monoisotopic (exact) mass is 375 g/mol. The first kappa shape index (κ1) is 18.2. The van der Waals surface area contributed by atoms with Crippen LogP contribution in [0.5, 0.6) is 5.75 Å². The first-order valence-electron chi connectivity index (χ1n) is 9.85. The highest BCUT2D eigenvalue weighted by Crippen LogP contribution is 2.22. The zero-order valence-corrected chi connectivity index (χ0v) is 15.8. The third-order valence-corrected chi connectivity index (χ3v) is 4.87. The zero-order valence-electron chi connectivity index (χ0n) is 15.8. The first-order valence-corrected chi connectivity index (χ1v) is 9.85. The largest absolute Gasteiger partial charge is 0.489 e. The molecule has 0 aliphatic heterocycles. The molecule has 0 bridgehead atoms. The van der Waals surface area contributed by atoms with E-state index in [9.17, 15) is 0 Å². The first-order chi connectivity index (χ1) is 13.8. The highest BCUT2D eigenvalue weighted by Gasteiger charge is 2.14. The van der Waals surface area contributed by atoms with Crippen molar-refractivity contribution in [1.29, 1.82) is 0 Å². The second-order valence-electron chi connectivity index (χ2n) is 7.07. The standard InChI is InChI=1S/C22H25N5O/c1-3-7-17(8-4-1)16-28-20-13-11-19(12-14-20)25-22-26-21(15-23-27-22)24-18-9-5-2-6-10-18/h1,3-4,7-8,11-15,18H,2,5-6,9-10,16H2,(H2,24,25,26,27). The van der Waals surface area contributed by atoms with Crippen LogP contribution < -0.4 is 15.4 Å². The van der Waals surface area contributed by atoms with Crippen LogP contribution in [0.4, 0.5) is 17.5 Å². The van der Waals surface area contributed by atoms with E-state index in [-0.39, 0.29) is 0 Å². The highest BCUT2D eigenvalue weighted by molar-refractivity contribution is 5.55. The normalized spacial score (nSPS) is 14.4. The Bertz CT molecular complexity index is 864. The Morgan fingerprint density at radius 3 is 2.50 bits per heavy atom. The van der Waals surface area contributed by atoms with Crippen molar-refractivity contribution in [3.63, 3.8) is 0 Å². The topological polar surface area (TPSA) is 72.0 Å². The van der Waals surface area contributed by atoms with Crippen molar-refractivity contribution in [3.05, 3.63) is 66.4 Å². The molecule has 6 heteroatoms. The fraction of sp³-hybridized carbons (Fsp3) is 0.318. The van der Waals surface area contributed by atoms with E-state index >= 15 is 0 Å². The molecule has 0 spiro atoms. The van der Waals surface area contributed by atoms with Crippen molar-refractivity contribution in [2.45, 2.75) is 44.8 Å². The van der Waals surface area contributed by atoms with E-state index < -0.39 is 0 Å².